The molecule has 0 aliphatic carbocycles. The van der Waals surface area contributed by atoms with Gasteiger partial charge in [0.1, 0.15) is 5.75 Å². The Bertz CT molecular complexity index is 1000. The minimum Gasteiger partial charge on any atom is -0.493 e. The highest BCUT2D eigenvalue weighted by Crippen LogP contribution is 2.34. The predicted octanol–water partition coefficient (Wildman–Crippen LogP) is 3.72. The van der Waals surface area contributed by atoms with Gasteiger partial charge in [0, 0.05) is 29.3 Å². The number of ether oxygens (including phenoxy) is 1. The van der Waals surface area contributed by atoms with Crippen molar-refractivity contribution in [2.45, 2.75) is 6.42 Å². The molecule has 1 aliphatic heterocycles. The second kappa shape index (κ2) is 6.48. The van der Waals surface area contributed by atoms with Crippen LogP contribution in [0.15, 0.2) is 60.9 Å². The summed E-state index contributed by atoms with van der Waals surface area (Å²) in [5, 5.41) is 2.14. The molecule has 0 radical (unpaired) electrons. The molecule has 1 unspecified atom stereocenters. The van der Waals surface area contributed by atoms with Crippen LogP contribution in [0, 0.1) is 5.92 Å². The molecule has 1 atom stereocenters. The SMILES string of the molecule is O=S1(=O)CCC(COc2ccc(-c3cccnc3)c3ccccc23)C1. The van der Waals surface area contributed by atoms with Crippen LogP contribution in [0.25, 0.3) is 21.9 Å². The molecule has 1 aromatic heterocycles. The van der Waals surface area contributed by atoms with Crippen molar-refractivity contribution in [3.8, 4) is 16.9 Å². The molecule has 128 valence electrons. The Hall–Kier alpha value is -2.40. The van der Waals surface area contributed by atoms with Gasteiger partial charge in [-0.2, -0.15) is 0 Å². The Labute approximate surface area is 147 Å². The largest absolute Gasteiger partial charge is 0.493 e. The number of sulfone groups is 1. The molecule has 25 heavy (non-hydrogen) atoms. The van der Waals surface area contributed by atoms with Gasteiger partial charge in [-0.1, -0.05) is 30.3 Å². The molecule has 2 aromatic carbocycles. The van der Waals surface area contributed by atoms with E-state index in [1.807, 2.05) is 48.7 Å². The van der Waals surface area contributed by atoms with Crippen molar-refractivity contribution in [1.29, 1.82) is 0 Å². The van der Waals surface area contributed by atoms with E-state index in [9.17, 15) is 8.42 Å². The lowest BCUT2D eigenvalue weighted by atomic mass is 9.99. The lowest BCUT2D eigenvalue weighted by Gasteiger charge is -2.15. The zero-order chi connectivity index (χ0) is 17.3. The third-order valence-electron chi connectivity index (χ3n) is 4.66. The van der Waals surface area contributed by atoms with Crippen molar-refractivity contribution in [2.24, 2.45) is 5.92 Å². The molecule has 1 saturated heterocycles. The summed E-state index contributed by atoms with van der Waals surface area (Å²) >= 11 is 0. The quantitative estimate of drug-likeness (QED) is 0.717. The summed E-state index contributed by atoms with van der Waals surface area (Å²) in [5.41, 5.74) is 2.17. The number of hydrogen-bond acceptors (Lipinski definition) is 4. The van der Waals surface area contributed by atoms with Crippen molar-refractivity contribution in [3.63, 3.8) is 0 Å². The summed E-state index contributed by atoms with van der Waals surface area (Å²) in [6.07, 6.45) is 4.30. The maximum atomic E-state index is 11.6. The monoisotopic (exact) mass is 353 g/mol. The summed E-state index contributed by atoms with van der Waals surface area (Å²) < 4.78 is 29.2. The number of hydrogen-bond donors (Lipinski definition) is 0. The number of pyridine rings is 1. The van der Waals surface area contributed by atoms with Crippen LogP contribution in [-0.2, 0) is 9.84 Å². The van der Waals surface area contributed by atoms with E-state index < -0.39 is 9.84 Å². The summed E-state index contributed by atoms with van der Waals surface area (Å²) in [5.74, 6) is 1.40. The van der Waals surface area contributed by atoms with Crippen LogP contribution >= 0.6 is 0 Å². The Morgan fingerprint density at radius 3 is 2.60 bits per heavy atom. The smallest absolute Gasteiger partial charge is 0.150 e. The molecule has 0 saturated carbocycles. The molecule has 0 amide bonds. The van der Waals surface area contributed by atoms with E-state index in [1.165, 1.54) is 0 Å². The molecule has 2 heterocycles. The first-order valence-corrected chi connectivity index (χ1v) is 10.2. The standard InChI is InChI=1S/C20H19NO3S/c22-25(23)11-9-15(14-25)13-24-20-8-7-17(16-4-3-10-21-12-16)18-5-1-2-6-19(18)20/h1-8,10,12,15H,9,11,13-14H2. The third kappa shape index (κ3) is 3.37. The number of aromatic nitrogens is 1. The summed E-state index contributed by atoms with van der Waals surface area (Å²) in [7, 11) is -2.87. The average Bonchev–Trinajstić information content (AvgIpc) is 2.99. The van der Waals surface area contributed by atoms with Gasteiger partial charge in [-0.05, 0) is 35.6 Å². The highest BCUT2D eigenvalue weighted by atomic mass is 32.2. The van der Waals surface area contributed by atoms with Crippen LogP contribution in [0.4, 0.5) is 0 Å². The van der Waals surface area contributed by atoms with E-state index in [2.05, 4.69) is 11.1 Å². The first-order valence-electron chi connectivity index (χ1n) is 8.38. The van der Waals surface area contributed by atoms with E-state index >= 15 is 0 Å². The molecule has 5 heteroatoms. The molecular formula is C20H19NO3S. The van der Waals surface area contributed by atoms with Gasteiger partial charge in [0.05, 0.1) is 18.1 Å². The van der Waals surface area contributed by atoms with Gasteiger partial charge in [0.2, 0.25) is 0 Å². The zero-order valence-corrected chi connectivity index (χ0v) is 14.6. The minimum absolute atomic E-state index is 0.0850. The van der Waals surface area contributed by atoms with Crippen LogP contribution in [0.2, 0.25) is 0 Å². The van der Waals surface area contributed by atoms with Gasteiger partial charge in [0.25, 0.3) is 0 Å². The Morgan fingerprint density at radius 1 is 1.04 bits per heavy atom. The molecule has 1 aliphatic rings. The maximum Gasteiger partial charge on any atom is 0.150 e. The summed E-state index contributed by atoms with van der Waals surface area (Å²) in [6, 6.07) is 16.1. The lowest BCUT2D eigenvalue weighted by molar-refractivity contribution is 0.266. The van der Waals surface area contributed by atoms with Gasteiger partial charge in [-0.25, -0.2) is 8.42 Å². The molecule has 4 rings (SSSR count). The molecular weight excluding hydrogens is 334 g/mol. The zero-order valence-electron chi connectivity index (χ0n) is 13.8. The molecule has 0 bridgehead atoms. The highest BCUT2D eigenvalue weighted by molar-refractivity contribution is 7.91. The van der Waals surface area contributed by atoms with Crippen molar-refractivity contribution < 1.29 is 13.2 Å². The fourth-order valence-corrected chi connectivity index (χ4v) is 5.22. The van der Waals surface area contributed by atoms with Crippen LogP contribution in [0.5, 0.6) is 5.75 Å². The molecule has 0 spiro atoms. The number of benzene rings is 2. The average molecular weight is 353 g/mol. The van der Waals surface area contributed by atoms with Crippen LogP contribution in [0.1, 0.15) is 6.42 Å². The van der Waals surface area contributed by atoms with Gasteiger partial charge in [-0.3, -0.25) is 4.98 Å². The first-order chi connectivity index (χ1) is 12.1. The lowest BCUT2D eigenvalue weighted by Crippen LogP contribution is -2.13. The fourth-order valence-electron chi connectivity index (χ4n) is 3.38. The third-order valence-corrected chi connectivity index (χ3v) is 6.49. The fraction of sp³-hybridized carbons (Fsp3) is 0.250. The van der Waals surface area contributed by atoms with E-state index in [-0.39, 0.29) is 17.4 Å². The Balaban J connectivity index is 1.65. The van der Waals surface area contributed by atoms with Crippen molar-refractivity contribution >= 4 is 20.6 Å². The summed E-state index contributed by atoms with van der Waals surface area (Å²) in [4.78, 5) is 4.20. The highest BCUT2D eigenvalue weighted by Gasteiger charge is 2.28. The van der Waals surface area contributed by atoms with Crippen molar-refractivity contribution in [1.82, 2.24) is 4.98 Å². The number of rotatable bonds is 4. The van der Waals surface area contributed by atoms with Crippen LogP contribution in [-0.4, -0.2) is 31.5 Å². The van der Waals surface area contributed by atoms with Crippen molar-refractivity contribution in [3.05, 3.63) is 60.9 Å². The number of fused-ring (bicyclic) bond motifs is 1. The van der Waals surface area contributed by atoms with Gasteiger partial charge >= 0.3 is 0 Å². The van der Waals surface area contributed by atoms with Gasteiger partial charge in [0.15, 0.2) is 9.84 Å². The van der Waals surface area contributed by atoms with E-state index in [1.54, 1.807) is 6.20 Å². The predicted molar refractivity (Wildman–Crippen MR) is 99.4 cm³/mol. The first kappa shape index (κ1) is 16.1. The number of nitrogens with zero attached hydrogens (tertiary/aromatic N) is 1. The van der Waals surface area contributed by atoms with E-state index in [4.69, 9.17) is 4.74 Å². The van der Waals surface area contributed by atoms with Crippen LogP contribution in [0.3, 0.4) is 0 Å². The topological polar surface area (TPSA) is 56.3 Å². The summed E-state index contributed by atoms with van der Waals surface area (Å²) in [6.45, 7) is 0.440. The second-order valence-corrected chi connectivity index (χ2v) is 8.71. The molecule has 3 aromatic rings. The molecule has 1 fully saturated rings. The molecule has 4 nitrogen and oxygen atoms in total. The van der Waals surface area contributed by atoms with Crippen LogP contribution < -0.4 is 4.74 Å². The Morgan fingerprint density at radius 2 is 1.88 bits per heavy atom. The van der Waals surface area contributed by atoms with E-state index in [0.29, 0.717) is 13.0 Å². The van der Waals surface area contributed by atoms with E-state index in [0.717, 1.165) is 27.6 Å². The van der Waals surface area contributed by atoms with Gasteiger partial charge < -0.3 is 4.74 Å². The normalized spacial score (nSPS) is 19.1. The maximum absolute atomic E-state index is 11.6. The minimum atomic E-state index is -2.87. The Kier molecular flexibility index (Phi) is 4.17. The van der Waals surface area contributed by atoms with Crippen molar-refractivity contribution in [2.75, 3.05) is 18.1 Å². The van der Waals surface area contributed by atoms with Gasteiger partial charge in [-0.15, -0.1) is 0 Å². The second-order valence-electron chi connectivity index (χ2n) is 6.48. The molecule has 0 N–H and O–H groups in total.